The summed E-state index contributed by atoms with van der Waals surface area (Å²) < 4.78 is 0. The van der Waals surface area contributed by atoms with Gasteiger partial charge in [0.2, 0.25) is 0 Å². The third-order valence-corrected chi connectivity index (χ3v) is 3.82. The van der Waals surface area contributed by atoms with Crippen LogP contribution in [0.25, 0.3) is 11.4 Å². The summed E-state index contributed by atoms with van der Waals surface area (Å²) in [5.41, 5.74) is 5.64. The van der Waals surface area contributed by atoms with Gasteiger partial charge in [-0.05, 0) is 72.4 Å². The minimum Gasteiger partial charge on any atom is -0.265 e. The van der Waals surface area contributed by atoms with E-state index in [0.29, 0.717) is 5.92 Å². The monoisotopic (exact) mass is 289 g/mol. The van der Waals surface area contributed by atoms with E-state index in [1.54, 1.807) is 0 Å². The maximum absolute atomic E-state index is 4.46. The minimum absolute atomic E-state index is 0.448. The highest BCUT2D eigenvalue weighted by Crippen LogP contribution is 2.22. The number of pyridine rings is 3. The molecule has 22 heavy (non-hydrogen) atoms. The minimum atomic E-state index is 0.448. The fraction of sp³-hybridized carbons (Fsp3) is 0.211. The van der Waals surface area contributed by atoms with Gasteiger partial charge in [0.15, 0.2) is 0 Å². The summed E-state index contributed by atoms with van der Waals surface area (Å²) in [6, 6.07) is 12.4. The first-order valence-electron chi connectivity index (χ1n) is 7.50. The quantitative estimate of drug-likeness (QED) is 0.722. The van der Waals surface area contributed by atoms with Gasteiger partial charge in [-0.15, -0.1) is 0 Å². The lowest BCUT2D eigenvalue weighted by atomic mass is 9.94. The number of hydrogen-bond donors (Lipinski definition) is 0. The van der Waals surface area contributed by atoms with Crippen LogP contribution in [0.15, 0.2) is 61.2 Å². The van der Waals surface area contributed by atoms with E-state index < -0.39 is 0 Å². The van der Waals surface area contributed by atoms with Crippen molar-refractivity contribution >= 4 is 0 Å². The molecule has 0 spiro atoms. The van der Waals surface area contributed by atoms with Crippen LogP contribution in [0.4, 0.5) is 0 Å². The van der Waals surface area contributed by atoms with Crippen molar-refractivity contribution in [1.82, 2.24) is 15.0 Å². The van der Waals surface area contributed by atoms with E-state index in [2.05, 4.69) is 59.1 Å². The largest absolute Gasteiger partial charge is 0.265 e. The molecule has 110 valence electrons. The van der Waals surface area contributed by atoms with E-state index in [0.717, 1.165) is 17.8 Å². The summed E-state index contributed by atoms with van der Waals surface area (Å²) in [6.45, 7) is 4.31. The van der Waals surface area contributed by atoms with E-state index in [-0.39, 0.29) is 0 Å². The van der Waals surface area contributed by atoms with Gasteiger partial charge in [-0.2, -0.15) is 0 Å². The summed E-state index contributed by atoms with van der Waals surface area (Å²) in [5.74, 6) is 0.448. The first-order valence-corrected chi connectivity index (χ1v) is 7.50. The van der Waals surface area contributed by atoms with Crippen molar-refractivity contribution in [2.75, 3.05) is 0 Å². The van der Waals surface area contributed by atoms with Gasteiger partial charge >= 0.3 is 0 Å². The predicted octanol–water partition coefficient (Wildman–Crippen LogP) is 4.19. The molecule has 0 aliphatic carbocycles. The Morgan fingerprint density at radius 3 is 2.27 bits per heavy atom. The third kappa shape index (κ3) is 3.37. The van der Waals surface area contributed by atoms with Crippen LogP contribution in [0, 0.1) is 6.92 Å². The van der Waals surface area contributed by atoms with Crippen molar-refractivity contribution in [3.05, 3.63) is 77.9 Å². The van der Waals surface area contributed by atoms with Crippen molar-refractivity contribution in [2.24, 2.45) is 0 Å². The topological polar surface area (TPSA) is 38.7 Å². The Balaban J connectivity index is 1.83. The van der Waals surface area contributed by atoms with Gasteiger partial charge < -0.3 is 0 Å². The maximum Gasteiger partial charge on any atom is 0.0888 e. The van der Waals surface area contributed by atoms with Crippen molar-refractivity contribution in [1.29, 1.82) is 0 Å². The van der Waals surface area contributed by atoms with E-state index in [1.807, 2.05) is 30.9 Å². The lowest BCUT2D eigenvalue weighted by molar-refractivity contribution is 0.756. The zero-order chi connectivity index (χ0) is 15.4. The molecule has 3 nitrogen and oxygen atoms in total. The molecule has 3 rings (SSSR count). The van der Waals surface area contributed by atoms with E-state index in [9.17, 15) is 0 Å². The zero-order valence-corrected chi connectivity index (χ0v) is 12.9. The molecule has 3 aromatic rings. The van der Waals surface area contributed by atoms with Crippen LogP contribution in [0.3, 0.4) is 0 Å². The second kappa shape index (κ2) is 6.48. The average molecular weight is 289 g/mol. The van der Waals surface area contributed by atoms with Crippen LogP contribution >= 0.6 is 0 Å². The normalized spacial score (nSPS) is 12.1. The molecule has 3 heterocycles. The highest BCUT2D eigenvalue weighted by molar-refractivity contribution is 5.55. The van der Waals surface area contributed by atoms with Gasteiger partial charge in [0.25, 0.3) is 0 Å². The molecular formula is C19H19N3. The van der Waals surface area contributed by atoms with Crippen LogP contribution in [-0.4, -0.2) is 15.0 Å². The molecule has 0 radical (unpaired) electrons. The molecule has 0 aliphatic rings. The first kappa shape index (κ1) is 14.4. The molecule has 3 aromatic heterocycles. The third-order valence-electron chi connectivity index (χ3n) is 3.82. The molecule has 0 aliphatic heterocycles. The Kier molecular flexibility index (Phi) is 4.24. The summed E-state index contributed by atoms with van der Waals surface area (Å²) in [7, 11) is 0. The van der Waals surface area contributed by atoms with Gasteiger partial charge in [0.1, 0.15) is 0 Å². The van der Waals surface area contributed by atoms with E-state index in [1.165, 1.54) is 16.7 Å². The molecule has 1 unspecified atom stereocenters. The molecule has 3 heteroatoms. The standard InChI is InChI=1S/C19H19N3/c1-14-3-9-21-18(11-14)19-13-16(4-10-22-19)12-15(2)17-5-7-20-8-6-17/h3-11,13,15H,12H2,1-2H3. The summed E-state index contributed by atoms with van der Waals surface area (Å²) in [4.78, 5) is 13.0. The highest BCUT2D eigenvalue weighted by Gasteiger charge is 2.08. The zero-order valence-electron chi connectivity index (χ0n) is 12.9. The Hall–Kier alpha value is -2.55. The summed E-state index contributed by atoms with van der Waals surface area (Å²) >= 11 is 0. The number of nitrogens with zero attached hydrogens (tertiary/aromatic N) is 3. The van der Waals surface area contributed by atoms with Gasteiger partial charge in [0.05, 0.1) is 11.4 Å². The summed E-state index contributed by atoms with van der Waals surface area (Å²) in [6.07, 6.45) is 8.37. The lowest BCUT2D eigenvalue weighted by Crippen LogP contribution is -1.99. The Morgan fingerprint density at radius 2 is 1.55 bits per heavy atom. The van der Waals surface area contributed by atoms with E-state index >= 15 is 0 Å². The molecule has 0 saturated carbocycles. The van der Waals surface area contributed by atoms with E-state index in [4.69, 9.17) is 0 Å². The van der Waals surface area contributed by atoms with Crippen molar-refractivity contribution in [3.8, 4) is 11.4 Å². The second-order valence-electron chi connectivity index (χ2n) is 5.65. The number of aryl methyl sites for hydroxylation is 1. The number of rotatable bonds is 4. The van der Waals surface area contributed by atoms with Crippen LogP contribution in [0.1, 0.15) is 29.5 Å². The fourth-order valence-corrected chi connectivity index (χ4v) is 2.58. The maximum atomic E-state index is 4.46. The molecule has 0 bridgehead atoms. The Labute approximate surface area is 131 Å². The first-order chi connectivity index (χ1) is 10.7. The van der Waals surface area contributed by atoms with Gasteiger partial charge in [0, 0.05) is 24.8 Å². The Bertz CT molecular complexity index is 753. The highest BCUT2D eigenvalue weighted by atomic mass is 14.8. The SMILES string of the molecule is Cc1ccnc(-c2cc(CC(C)c3ccncc3)ccn2)c1. The fourth-order valence-electron chi connectivity index (χ4n) is 2.58. The molecule has 0 amide bonds. The van der Waals surface area contributed by atoms with Gasteiger partial charge in [-0.1, -0.05) is 6.92 Å². The van der Waals surface area contributed by atoms with Crippen molar-refractivity contribution < 1.29 is 0 Å². The molecule has 1 atom stereocenters. The van der Waals surface area contributed by atoms with Gasteiger partial charge in [-0.25, -0.2) is 0 Å². The lowest BCUT2D eigenvalue weighted by Gasteiger charge is -2.12. The van der Waals surface area contributed by atoms with Gasteiger partial charge in [-0.3, -0.25) is 15.0 Å². The van der Waals surface area contributed by atoms with Crippen LogP contribution in [0.2, 0.25) is 0 Å². The second-order valence-corrected chi connectivity index (χ2v) is 5.65. The Morgan fingerprint density at radius 1 is 0.864 bits per heavy atom. The molecule has 0 fully saturated rings. The van der Waals surface area contributed by atoms with Crippen LogP contribution in [0.5, 0.6) is 0 Å². The molecular weight excluding hydrogens is 270 g/mol. The number of aromatic nitrogens is 3. The molecule has 0 N–H and O–H groups in total. The van der Waals surface area contributed by atoms with Crippen LogP contribution in [-0.2, 0) is 6.42 Å². The molecule has 0 saturated heterocycles. The van der Waals surface area contributed by atoms with Crippen molar-refractivity contribution in [2.45, 2.75) is 26.2 Å². The predicted molar refractivity (Wildman–Crippen MR) is 88.6 cm³/mol. The van der Waals surface area contributed by atoms with Crippen LogP contribution < -0.4 is 0 Å². The van der Waals surface area contributed by atoms with Crippen molar-refractivity contribution in [3.63, 3.8) is 0 Å². The summed E-state index contributed by atoms with van der Waals surface area (Å²) in [5, 5.41) is 0. The number of hydrogen-bond acceptors (Lipinski definition) is 3. The average Bonchev–Trinajstić information content (AvgIpc) is 2.56. The molecule has 0 aromatic carbocycles. The smallest absolute Gasteiger partial charge is 0.0888 e.